The van der Waals surface area contributed by atoms with Crippen LogP contribution in [0.4, 0.5) is 15.8 Å². The van der Waals surface area contributed by atoms with Crippen molar-refractivity contribution in [3.05, 3.63) is 59.4 Å². The van der Waals surface area contributed by atoms with Crippen LogP contribution in [0.15, 0.2) is 42.5 Å². The monoisotopic (exact) mass is 254 g/mol. The quantitative estimate of drug-likeness (QED) is 0.878. The fraction of sp³-hybridized carbons (Fsp3) is 0.188. The van der Waals surface area contributed by atoms with Crippen LogP contribution >= 0.6 is 0 Å². The number of nitrogens with zero attached hydrogens (tertiary/aromatic N) is 1. The molecule has 0 bridgehead atoms. The lowest BCUT2D eigenvalue weighted by atomic mass is 10.1. The fourth-order valence-corrected chi connectivity index (χ4v) is 1.99. The first-order valence-corrected chi connectivity index (χ1v) is 6.29. The van der Waals surface area contributed by atoms with Crippen molar-refractivity contribution in [3.63, 3.8) is 0 Å². The Morgan fingerprint density at radius 3 is 2.68 bits per heavy atom. The van der Waals surface area contributed by atoms with Crippen molar-refractivity contribution in [2.24, 2.45) is 0 Å². The van der Waals surface area contributed by atoms with Crippen molar-refractivity contribution in [1.29, 1.82) is 5.26 Å². The SMILES string of the molecule is CCCc1ccccc1Nc1ccc(F)cc1C#N. The normalized spacial score (nSPS) is 9.95. The van der Waals surface area contributed by atoms with Crippen LogP contribution in [0.3, 0.4) is 0 Å². The Hall–Kier alpha value is -2.34. The number of nitriles is 1. The highest BCUT2D eigenvalue weighted by Crippen LogP contribution is 2.24. The minimum Gasteiger partial charge on any atom is -0.354 e. The van der Waals surface area contributed by atoms with Crippen LogP contribution in [0, 0.1) is 17.1 Å². The minimum atomic E-state index is -0.399. The number of hydrogen-bond donors (Lipinski definition) is 1. The number of aryl methyl sites for hydroxylation is 1. The van der Waals surface area contributed by atoms with Crippen molar-refractivity contribution in [2.45, 2.75) is 19.8 Å². The highest BCUT2D eigenvalue weighted by atomic mass is 19.1. The Morgan fingerprint density at radius 2 is 1.95 bits per heavy atom. The molecule has 0 aromatic heterocycles. The third-order valence-electron chi connectivity index (χ3n) is 2.91. The van der Waals surface area contributed by atoms with Gasteiger partial charge in [0, 0.05) is 5.69 Å². The van der Waals surface area contributed by atoms with E-state index in [1.165, 1.54) is 17.7 Å². The van der Waals surface area contributed by atoms with Crippen molar-refractivity contribution in [2.75, 3.05) is 5.32 Å². The number of anilines is 2. The maximum absolute atomic E-state index is 13.1. The van der Waals surface area contributed by atoms with E-state index in [2.05, 4.69) is 18.3 Å². The van der Waals surface area contributed by atoms with E-state index in [0.29, 0.717) is 11.3 Å². The molecule has 0 amide bonds. The molecule has 96 valence electrons. The van der Waals surface area contributed by atoms with E-state index >= 15 is 0 Å². The molecule has 0 saturated carbocycles. The third kappa shape index (κ3) is 3.11. The van der Waals surface area contributed by atoms with Gasteiger partial charge in [0.1, 0.15) is 11.9 Å². The number of rotatable bonds is 4. The van der Waals surface area contributed by atoms with Crippen molar-refractivity contribution in [3.8, 4) is 6.07 Å². The summed E-state index contributed by atoms with van der Waals surface area (Å²) < 4.78 is 13.1. The topological polar surface area (TPSA) is 35.8 Å². The number of hydrogen-bond acceptors (Lipinski definition) is 2. The second-order valence-electron chi connectivity index (χ2n) is 4.33. The lowest BCUT2D eigenvalue weighted by molar-refractivity contribution is 0.627. The lowest BCUT2D eigenvalue weighted by Crippen LogP contribution is -1.98. The molecule has 2 aromatic carbocycles. The van der Waals surface area contributed by atoms with Gasteiger partial charge >= 0.3 is 0 Å². The second kappa shape index (κ2) is 6.01. The van der Waals surface area contributed by atoms with Crippen molar-refractivity contribution in [1.82, 2.24) is 0 Å². The third-order valence-corrected chi connectivity index (χ3v) is 2.91. The molecular weight excluding hydrogens is 239 g/mol. The zero-order valence-electron chi connectivity index (χ0n) is 10.8. The summed E-state index contributed by atoms with van der Waals surface area (Å²) in [4.78, 5) is 0. The summed E-state index contributed by atoms with van der Waals surface area (Å²) in [6, 6.07) is 14.2. The number of benzene rings is 2. The highest BCUT2D eigenvalue weighted by Gasteiger charge is 2.06. The van der Waals surface area contributed by atoms with E-state index in [9.17, 15) is 4.39 Å². The first-order valence-electron chi connectivity index (χ1n) is 6.29. The highest BCUT2D eigenvalue weighted by molar-refractivity contribution is 5.68. The molecule has 2 nitrogen and oxygen atoms in total. The standard InChI is InChI=1S/C16H15FN2/c1-2-5-12-6-3-4-7-15(12)19-16-9-8-14(17)10-13(16)11-18/h3-4,6-10,19H,2,5H2,1H3. The van der Waals surface area contributed by atoms with Gasteiger partial charge in [0.2, 0.25) is 0 Å². The molecule has 0 unspecified atom stereocenters. The molecule has 0 atom stereocenters. The average Bonchev–Trinajstić information content (AvgIpc) is 2.43. The van der Waals surface area contributed by atoms with Gasteiger partial charge in [-0.2, -0.15) is 5.26 Å². The van der Waals surface area contributed by atoms with Gasteiger partial charge in [-0.15, -0.1) is 0 Å². The molecule has 2 rings (SSSR count). The smallest absolute Gasteiger partial charge is 0.124 e. The van der Waals surface area contributed by atoms with Crippen LogP contribution in [-0.4, -0.2) is 0 Å². The molecule has 0 saturated heterocycles. The van der Waals surface area contributed by atoms with E-state index in [4.69, 9.17) is 5.26 Å². The van der Waals surface area contributed by atoms with E-state index < -0.39 is 5.82 Å². The second-order valence-corrected chi connectivity index (χ2v) is 4.33. The molecule has 19 heavy (non-hydrogen) atoms. The summed E-state index contributed by atoms with van der Waals surface area (Å²) >= 11 is 0. The summed E-state index contributed by atoms with van der Waals surface area (Å²) in [6.07, 6.45) is 2.01. The van der Waals surface area contributed by atoms with E-state index in [0.717, 1.165) is 18.5 Å². The Kier molecular flexibility index (Phi) is 4.15. The number of para-hydroxylation sites is 1. The molecule has 2 aromatic rings. The van der Waals surface area contributed by atoms with Gasteiger partial charge in [0.15, 0.2) is 0 Å². The number of nitrogens with one attached hydrogen (secondary N) is 1. The van der Waals surface area contributed by atoms with Crippen LogP contribution in [0.25, 0.3) is 0 Å². The Labute approximate surface area is 112 Å². The van der Waals surface area contributed by atoms with E-state index in [-0.39, 0.29) is 0 Å². The molecule has 0 heterocycles. The largest absolute Gasteiger partial charge is 0.354 e. The molecular formula is C16H15FN2. The maximum atomic E-state index is 13.1. The summed E-state index contributed by atoms with van der Waals surface area (Å²) in [5.41, 5.74) is 3.10. The summed E-state index contributed by atoms with van der Waals surface area (Å²) in [6.45, 7) is 2.12. The van der Waals surface area contributed by atoms with Gasteiger partial charge in [-0.25, -0.2) is 4.39 Å². The zero-order valence-corrected chi connectivity index (χ0v) is 10.8. The van der Waals surface area contributed by atoms with Crippen molar-refractivity contribution >= 4 is 11.4 Å². The van der Waals surface area contributed by atoms with Gasteiger partial charge < -0.3 is 5.32 Å². The van der Waals surface area contributed by atoms with Gasteiger partial charge in [-0.05, 0) is 36.2 Å². The first kappa shape index (κ1) is 13.1. The van der Waals surface area contributed by atoms with Gasteiger partial charge in [-0.1, -0.05) is 31.5 Å². The summed E-state index contributed by atoms with van der Waals surface area (Å²) in [5.74, 6) is -0.399. The van der Waals surface area contributed by atoms with Crippen LogP contribution in [0.1, 0.15) is 24.5 Å². The van der Waals surface area contributed by atoms with E-state index in [1.807, 2.05) is 24.3 Å². The van der Waals surface area contributed by atoms with Gasteiger partial charge in [-0.3, -0.25) is 0 Å². The van der Waals surface area contributed by atoms with Crippen LogP contribution in [0.5, 0.6) is 0 Å². The molecule has 3 heteroatoms. The van der Waals surface area contributed by atoms with Crippen LogP contribution in [0.2, 0.25) is 0 Å². The van der Waals surface area contributed by atoms with Crippen LogP contribution < -0.4 is 5.32 Å². The van der Waals surface area contributed by atoms with Crippen molar-refractivity contribution < 1.29 is 4.39 Å². The Balaban J connectivity index is 2.34. The number of halogens is 1. The van der Waals surface area contributed by atoms with E-state index in [1.54, 1.807) is 6.07 Å². The molecule has 0 aliphatic rings. The van der Waals surface area contributed by atoms with Gasteiger partial charge in [0.25, 0.3) is 0 Å². The molecule has 0 fully saturated rings. The van der Waals surface area contributed by atoms with Gasteiger partial charge in [0.05, 0.1) is 11.3 Å². The molecule has 0 radical (unpaired) electrons. The maximum Gasteiger partial charge on any atom is 0.124 e. The zero-order chi connectivity index (χ0) is 13.7. The minimum absolute atomic E-state index is 0.311. The lowest BCUT2D eigenvalue weighted by Gasteiger charge is -2.12. The predicted octanol–water partition coefficient (Wildman–Crippen LogP) is 4.39. The molecule has 1 N–H and O–H groups in total. The predicted molar refractivity (Wildman–Crippen MR) is 74.8 cm³/mol. The first-order chi connectivity index (χ1) is 9.24. The Morgan fingerprint density at radius 1 is 1.16 bits per heavy atom. The average molecular weight is 254 g/mol. The molecule has 0 aliphatic heterocycles. The van der Waals surface area contributed by atoms with Crippen LogP contribution in [-0.2, 0) is 6.42 Å². The summed E-state index contributed by atoms with van der Waals surface area (Å²) in [5, 5.41) is 12.3. The molecule has 0 aliphatic carbocycles. The fourth-order valence-electron chi connectivity index (χ4n) is 1.99. The Bertz CT molecular complexity index is 614. The summed E-state index contributed by atoms with van der Waals surface area (Å²) in [7, 11) is 0. The molecule has 0 spiro atoms.